The van der Waals surface area contributed by atoms with Crippen molar-refractivity contribution in [1.29, 1.82) is 5.26 Å². The Morgan fingerprint density at radius 1 is 1.04 bits per heavy atom. The number of nitriles is 1. The molecule has 0 aliphatic rings. The van der Waals surface area contributed by atoms with Gasteiger partial charge in [0, 0.05) is 0 Å². The van der Waals surface area contributed by atoms with E-state index in [1.807, 2.05) is 6.92 Å². The summed E-state index contributed by atoms with van der Waals surface area (Å²) < 4.78 is 41.5. The number of benzene rings is 2. The van der Waals surface area contributed by atoms with E-state index in [2.05, 4.69) is 0 Å². The molecule has 0 aliphatic heterocycles. The SMILES string of the molecule is Cc1ccc(-c2cc(C(F)(F)F)c(C#N)c(=O)n2Cc2ccccc2)cc1. The van der Waals surface area contributed by atoms with Crippen molar-refractivity contribution >= 4 is 0 Å². The lowest BCUT2D eigenvalue weighted by Crippen LogP contribution is -2.28. The van der Waals surface area contributed by atoms with Crippen LogP contribution in [0.2, 0.25) is 0 Å². The van der Waals surface area contributed by atoms with E-state index in [9.17, 15) is 23.2 Å². The highest BCUT2D eigenvalue weighted by Crippen LogP contribution is 2.33. The molecule has 0 radical (unpaired) electrons. The number of hydrogen-bond donors (Lipinski definition) is 0. The second kappa shape index (κ2) is 7.12. The van der Waals surface area contributed by atoms with Gasteiger partial charge in [0.05, 0.1) is 17.8 Å². The maximum absolute atomic E-state index is 13.4. The number of nitrogens with zero attached hydrogens (tertiary/aromatic N) is 2. The fourth-order valence-corrected chi connectivity index (χ4v) is 2.86. The molecule has 27 heavy (non-hydrogen) atoms. The van der Waals surface area contributed by atoms with Crippen LogP contribution in [0.1, 0.15) is 22.3 Å². The van der Waals surface area contributed by atoms with Crippen LogP contribution in [0.4, 0.5) is 13.2 Å². The van der Waals surface area contributed by atoms with Crippen molar-refractivity contribution in [2.45, 2.75) is 19.6 Å². The number of aromatic nitrogens is 1. The first-order chi connectivity index (χ1) is 12.8. The zero-order chi connectivity index (χ0) is 19.6. The molecule has 6 heteroatoms. The zero-order valence-electron chi connectivity index (χ0n) is 14.4. The molecule has 0 saturated carbocycles. The lowest BCUT2D eigenvalue weighted by atomic mass is 10.0. The number of alkyl halides is 3. The number of rotatable bonds is 3. The van der Waals surface area contributed by atoms with Crippen molar-refractivity contribution in [2.75, 3.05) is 0 Å². The van der Waals surface area contributed by atoms with Gasteiger partial charge in [-0.25, -0.2) is 0 Å². The van der Waals surface area contributed by atoms with Gasteiger partial charge >= 0.3 is 6.18 Å². The smallest absolute Gasteiger partial charge is 0.303 e. The molecule has 0 spiro atoms. The van der Waals surface area contributed by atoms with E-state index in [1.165, 1.54) is 10.6 Å². The summed E-state index contributed by atoms with van der Waals surface area (Å²) in [4.78, 5) is 12.8. The van der Waals surface area contributed by atoms with Crippen LogP contribution in [0.5, 0.6) is 0 Å². The molecule has 0 amide bonds. The van der Waals surface area contributed by atoms with Crippen molar-refractivity contribution in [3.8, 4) is 17.3 Å². The molecule has 0 fully saturated rings. The lowest BCUT2D eigenvalue weighted by Gasteiger charge is -2.18. The number of hydrogen-bond acceptors (Lipinski definition) is 2. The van der Waals surface area contributed by atoms with Gasteiger partial charge in [-0.05, 0) is 24.1 Å². The molecule has 0 saturated heterocycles. The Morgan fingerprint density at radius 3 is 2.22 bits per heavy atom. The molecule has 2 aromatic carbocycles. The minimum Gasteiger partial charge on any atom is -0.303 e. The summed E-state index contributed by atoms with van der Waals surface area (Å²) in [5.41, 5.74) is -0.772. The van der Waals surface area contributed by atoms with Crippen LogP contribution >= 0.6 is 0 Å². The van der Waals surface area contributed by atoms with Crippen LogP contribution in [-0.4, -0.2) is 4.57 Å². The van der Waals surface area contributed by atoms with Gasteiger partial charge in [-0.3, -0.25) is 4.79 Å². The van der Waals surface area contributed by atoms with Gasteiger partial charge in [-0.1, -0.05) is 60.2 Å². The molecule has 1 aromatic heterocycles. The van der Waals surface area contributed by atoms with Crippen molar-refractivity contribution in [2.24, 2.45) is 0 Å². The summed E-state index contributed by atoms with van der Waals surface area (Å²) in [6, 6.07) is 18.1. The third-order valence-corrected chi connectivity index (χ3v) is 4.25. The molecule has 3 rings (SSSR count). The Labute approximate surface area is 153 Å². The molecular weight excluding hydrogens is 353 g/mol. The predicted molar refractivity (Wildman–Crippen MR) is 96.1 cm³/mol. The molecule has 0 N–H and O–H groups in total. The largest absolute Gasteiger partial charge is 0.417 e. The number of aryl methyl sites for hydroxylation is 1. The molecule has 0 bridgehead atoms. The normalized spacial score (nSPS) is 11.2. The van der Waals surface area contributed by atoms with E-state index in [0.717, 1.165) is 17.2 Å². The van der Waals surface area contributed by atoms with E-state index in [-0.39, 0.29) is 12.2 Å². The Hall–Kier alpha value is -3.33. The zero-order valence-corrected chi connectivity index (χ0v) is 14.4. The highest BCUT2D eigenvalue weighted by atomic mass is 19.4. The van der Waals surface area contributed by atoms with Crippen molar-refractivity contribution in [3.63, 3.8) is 0 Å². The Bertz CT molecular complexity index is 1060. The summed E-state index contributed by atoms with van der Waals surface area (Å²) in [5, 5.41) is 9.19. The third-order valence-electron chi connectivity index (χ3n) is 4.25. The van der Waals surface area contributed by atoms with Gasteiger partial charge in [0.1, 0.15) is 11.6 Å². The van der Waals surface area contributed by atoms with E-state index in [0.29, 0.717) is 5.56 Å². The lowest BCUT2D eigenvalue weighted by molar-refractivity contribution is -0.137. The van der Waals surface area contributed by atoms with Crippen molar-refractivity contribution < 1.29 is 13.2 Å². The van der Waals surface area contributed by atoms with Gasteiger partial charge in [0.2, 0.25) is 0 Å². The number of halogens is 3. The van der Waals surface area contributed by atoms with Crippen LogP contribution in [-0.2, 0) is 12.7 Å². The molecule has 0 unspecified atom stereocenters. The first-order valence-electron chi connectivity index (χ1n) is 8.17. The second-order valence-electron chi connectivity index (χ2n) is 6.17. The highest BCUT2D eigenvalue weighted by molar-refractivity contribution is 5.63. The van der Waals surface area contributed by atoms with Crippen LogP contribution in [0.25, 0.3) is 11.3 Å². The van der Waals surface area contributed by atoms with Gasteiger partial charge in [0.25, 0.3) is 5.56 Å². The van der Waals surface area contributed by atoms with Crippen LogP contribution in [0.15, 0.2) is 65.5 Å². The molecule has 1 heterocycles. The topological polar surface area (TPSA) is 45.8 Å². The van der Waals surface area contributed by atoms with E-state index in [1.54, 1.807) is 54.6 Å². The minimum absolute atomic E-state index is 0.0652. The summed E-state index contributed by atoms with van der Waals surface area (Å²) in [7, 11) is 0. The molecule has 3 nitrogen and oxygen atoms in total. The predicted octanol–water partition coefficient (Wildman–Crippen LogP) is 4.76. The first kappa shape index (κ1) is 18.5. The fraction of sp³-hybridized carbons (Fsp3) is 0.143. The molecular formula is C21H15F3N2O. The third kappa shape index (κ3) is 3.77. The minimum atomic E-state index is -4.80. The van der Waals surface area contributed by atoms with Crippen LogP contribution < -0.4 is 5.56 Å². The first-order valence-corrected chi connectivity index (χ1v) is 8.17. The summed E-state index contributed by atoms with van der Waals surface area (Å²) in [6.45, 7) is 1.93. The summed E-state index contributed by atoms with van der Waals surface area (Å²) in [6.07, 6.45) is -4.80. The second-order valence-corrected chi connectivity index (χ2v) is 6.17. The van der Waals surface area contributed by atoms with E-state index >= 15 is 0 Å². The van der Waals surface area contributed by atoms with Crippen LogP contribution in [0.3, 0.4) is 0 Å². The summed E-state index contributed by atoms with van der Waals surface area (Å²) in [5.74, 6) is 0. The number of pyridine rings is 1. The van der Waals surface area contributed by atoms with Gasteiger partial charge in [0.15, 0.2) is 0 Å². The van der Waals surface area contributed by atoms with Gasteiger partial charge in [-0.15, -0.1) is 0 Å². The molecule has 136 valence electrons. The van der Waals surface area contributed by atoms with E-state index < -0.39 is 22.9 Å². The molecule has 3 aromatic rings. The average Bonchev–Trinajstić information content (AvgIpc) is 2.64. The standard InChI is InChI=1S/C21H15F3N2O/c1-14-7-9-16(10-8-14)19-11-18(21(22,23)24)17(12-25)20(27)26(19)13-15-5-3-2-4-6-15/h2-11H,13H2,1H3. The van der Waals surface area contributed by atoms with Gasteiger partial charge in [-0.2, -0.15) is 18.4 Å². The highest BCUT2D eigenvalue weighted by Gasteiger charge is 2.36. The molecule has 0 atom stereocenters. The van der Waals surface area contributed by atoms with Crippen molar-refractivity contribution in [1.82, 2.24) is 4.57 Å². The Morgan fingerprint density at radius 2 is 1.67 bits per heavy atom. The Kier molecular flexibility index (Phi) is 4.87. The van der Waals surface area contributed by atoms with Gasteiger partial charge < -0.3 is 4.57 Å². The summed E-state index contributed by atoms with van der Waals surface area (Å²) >= 11 is 0. The quantitative estimate of drug-likeness (QED) is 0.669. The average molecular weight is 368 g/mol. The fourth-order valence-electron chi connectivity index (χ4n) is 2.86. The molecule has 0 aliphatic carbocycles. The Balaban J connectivity index is 2.31. The monoisotopic (exact) mass is 368 g/mol. The van der Waals surface area contributed by atoms with Crippen LogP contribution in [0, 0.1) is 18.3 Å². The maximum atomic E-state index is 13.4. The van der Waals surface area contributed by atoms with Crippen molar-refractivity contribution in [3.05, 3.63) is 93.3 Å². The van der Waals surface area contributed by atoms with E-state index in [4.69, 9.17) is 0 Å². The maximum Gasteiger partial charge on any atom is 0.417 e.